The fraction of sp³-hybridized carbons (Fsp3) is 0.692. The normalized spacial score (nSPS) is 21.9. The van der Waals surface area contributed by atoms with Crippen molar-refractivity contribution in [2.24, 2.45) is 5.92 Å². The Hall–Kier alpha value is -1.88. The molecule has 2 aliphatic heterocycles. The molecule has 0 saturated carbocycles. The van der Waals surface area contributed by atoms with E-state index in [0.717, 1.165) is 32.5 Å². The first kappa shape index (κ1) is 23.8. The van der Waals surface area contributed by atoms with Gasteiger partial charge in [-0.3, -0.25) is 14.5 Å². The van der Waals surface area contributed by atoms with Gasteiger partial charge in [0.2, 0.25) is 11.8 Å². The molecule has 2 amide bonds. The van der Waals surface area contributed by atoms with Crippen molar-refractivity contribution in [2.75, 3.05) is 19.6 Å². The van der Waals surface area contributed by atoms with Crippen LogP contribution in [-0.2, 0) is 16.1 Å². The van der Waals surface area contributed by atoms with Crippen LogP contribution in [0.5, 0.6) is 0 Å². The van der Waals surface area contributed by atoms with Crippen molar-refractivity contribution >= 4 is 11.8 Å². The van der Waals surface area contributed by atoms with Crippen molar-refractivity contribution in [1.82, 2.24) is 15.1 Å². The van der Waals surface area contributed by atoms with Crippen LogP contribution in [0.2, 0.25) is 0 Å². The molecule has 3 rings (SSSR count). The van der Waals surface area contributed by atoms with Gasteiger partial charge in [0.25, 0.3) is 0 Å². The summed E-state index contributed by atoms with van der Waals surface area (Å²) in [5.41, 5.74) is 2.00. The predicted molar refractivity (Wildman–Crippen MR) is 126 cm³/mol. The molecule has 172 valence electrons. The Morgan fingerprint density at radius 1 is 1.06 bits per heavy atom. The number of hydrogen-bond acceptors (Lipinski definition) is 3. The van der Waals surface area contributed by atoms with Crippen LogP contribution in [0.4, 0.5) is 0 Å². The van der Waals surface area contributed by atoms with Crippen molar-refractivity contribution in [2.45, 2.75) is 90.8 Å². The molecule has 0 bridgehead atoms. The molecule has 1 aromatic carbocycles. The molecule has 1 spiro atoms. The lowest BCUT2D eigenvalue weighted by molar-refractivity contribution is -0.161. The van der Waals surface area contributed by atoms with Gasteiger partial charge in [0.05, 0.1) is 0 Å². The number of benzene rings is 1. The zero-order valence-electron chi connectivity index (χ0n) is 20.1. The Bertz CT molecular complexity index is 748. The first-order valence-corrected chi connectivity index (χ1v) is 12.2. The van der Waals surface area contributed by atoms with Gasteiger partial charge in [-0.15, -0.1) is 0 Å². The van der Waals surface area contributed by atoms with Gasteiger partial charge in [-0.25, -0.2) is 0 Å². The molecule has 5 nitrogen and oxygen atoms in total. The molecule has 31 heavy (non-hydrogen) atoms. The Balaban J connectivity index is 1.69. The number of nitrogens with one attached hydrogen (secondary N) is 1. The van der Waals surface area contributed by atoms with Gasteiger partial charge < -0.3 is 10.2 Å². The molecular weight excluding hydrogens is 386 g/mol. The Morgan fingerprint density at radius 2 is 1.71 bits per heavy atom. The average Bonchev–Trinajstić information content (AvgIpc) is 2.73. The molecule has 1 N–H and O–H groups in total. The molecule has 5 heteroatoms. The van der Waals surface area contributed by atoms with Crippen molar-refractivity contribution in [3.8, 4) is 0 Å². The van der Waals surface area contributed by atoms with Gasteiger partial charge in [-0.1, -0.05) is 65.3 Å². The van der Waals surface area contributed by atoms with E-state index >= 15 is 0 Å². The largest absolute Gasteiger partial charge is 0.342 e. The fourth-order valence-electron chi connectivity index (χ4n) is 4.99. The number of piperidine rings is 1. The summed E-state index contributed by atoms with van der Waals surface area (Å²) in [6, 6.07) is 8.52. The maximum Gasteiger partial charge on any atom is 0.246 e. The highest BCUT2D eigenvalue weighted by molar-refractivity contribution is 6.00. The van der Waals surface area contributed by atoms with Gasteiger partial charge in [-0.2, -0.15) is 0 Å². The van der Waals surface area contributed by atoms with Crippen LogP contribution in [0.15, 0.2) is 24.3 Å². The summed E-state index contributed by atoms with van der Waals surface area (Å²) in [5, 5.41) is 3.10. The van der Waals surface area contributed by atoms with E-state index in [0.29, 0.717) is 37.6 Å². The number of unbranched alkanes of at least 4 members (excludes halogenated alkanes) is 1. The van der Waals surface area contributed by atoms with Crippen LogP contribution in [0.3, 0.4) is 0 Å². The fourth-order valence-corrected chi connectivity index (χ4v) is 4.99. The number of nitrogens with zero attached hydrogens (tertiary/aromatic N) is 2. The molecule has 0 aliphatic carbocycles. The van der Waals surface area contributed by atoms with E-state index in [2.05, 4.69) is 69.1 Å². The van der Waals surface area contributed by atoms with E-state index in [4.69, 9.17) is 0 Å². The molecule has 1 aromatic rings. The van der Waals surface area contributed by atoms with Crippen molar-refractivity contribution < 1.29 is 9.59 Å². The van der Waals surface area contributed by atoms with E-state index in [1.54, 1.807) is 0 Å². The van der Waals surface area contributed by atoms with Gasteiger partial charge in [0.1, 0.15) is 11.6 Å². The second-order valence-electron chi connectivity index (χ2n) is 10.2. The molecular formula is C26H41N3O2. The second-order valence-corrected chi connectivity index (χ2v) is 10.2. The summed E-state index contributed by atoms with van der Waals surface area (Å²) in [6.45, 7) is 14.0. The minimum Gasteiger partial charge on any atom is -0.342 e. The zero-order chi connectivity index (χ0) is 22.6. The van der Waals surface area contributed by atoms with E-state index in [1.165, 1.54) is 11.1 Å². The minimum absolute atomic E-state index is 0.0646. The van der Waals surface area contributed by atoms with Crippen LogP contribution in [-0.4, -0.2) is 52.8 Å². The van der Waals surface area contributed by atoms with Gasteiger partial charge in [0, 0.05) is 26.2 Å². The van der Waals surface area contributed by atoms with Crippen LogP contribution < -0.4 is 5.32 Å². The Kier molecular flexibility index (Phi) is 7.79. The lowest BCUT2D eigenvalue weighted by atomic mass is 9.80. The molecule has 2 saturated heterocycles. The number of rotatable bonds is 8. The standard InChI is InChI=1S/C26H41N3O2/c1-6-7-14-29-24(30)23(17-19(2)3)27-25(31)26(29)12-15-28(16-13-26)18-21-8-10-22(11-9-21)20(4)5/h8-11,19-20,23H,6-7,12-18H2,1-5H3,(H,27,31). The van der Waals surface area contributed by atoms with E-state index in [9.17, 15) is 9.59 Å². The summed E-state index contributed by atoms with van der Waals surface area (Å²) in [5.74, 6) is 1.11. The lowest BCUT2D eigenvalue weighted by Crippen LogP contribution is -2.73. The summed E-state index contributed by atoms with van der Waals surface area (Å²) >= 11 is 0. The minimum atomic E-state index is -0.669. The molecule has 2 heterocycles. The lowest BCUT2D eigenvalue weighted by Gasteiger charge is -2.52. The zero-order valence-corrected chi connectivity index (χ0v) is 20.1. The van der Waals surface area contributed by atoms with Crippen molar-refractivity contribution in [3.63, 3.8) is 0 Å². The molecule has 2 aliphatic rings. The molecule has 2 fully saturated rings. The smallest absolute Gasteiger partial charge is 0.246 e. The van der Waals surface area contributed by atoms with Crippen LogP contribution in [0.1, 0.15) is 83.8 Å². The molecule has 1 unspecified atom stereocenters. The maximum absolute atomic E-state index is 13.3. The third kappa shape index (κ3) is 5.31. The first-order chi connectivity index (χ1) is 14.8. The highest BCUT2D eigenvalue weighted by Gasteiger charge is 2.53. The van der Waals surface area contributed by atoms with Crippen molar-refractivity contribution in [1.29, 1.82) is 0 Å². The quantitative estimate of drug-likeness (QED) is 0.672. The van der Waals surface area contributed by atoms with Gasteiger partial charge >= 0.3 is 0 Å². The van der Waals surface area contributed by atoms with E-state index in [-0.39, 0.29) is 17.9 Å². The first-order valence-electron chi connectivity index (χ1n) is 12.2. The summed E-state index contributed by atoms with van der Waals surface area (Å²) in [4.78, 5) is 31.0. The number of amides is 2. The molecule has 0 radical (unpaired) electrons. The number of carbonyl (C=O) groups excluding carboxylic acids is 2. The SMILES string of the molecule is CCCCN1C(=O)C(CC(C)C)NC(=O)C12CCN(Cc1ccc(C(C)C)cc1)CC2. The number of hydrogen-bond donors (Lipinski definition) is 1. The van der Waals surface area contributed by atoms with Crippen LogP contribution in [0, 0.1) is 5.92 Å². The Morgan fingerprint density at radius 3 is 2.26 bits per heavy atom. The van der Waals surface area contributed by atoms with E-state index in [1.807, 2.05) is 4.90 Å². The molecule has 1 atom stereocenters. The third-order valence-electron chi connectivity index (χ3n) is 6.99. The second kappa shape index (κ2) is 10.2. The summed E-state index contributed by atoms with van der Waals surface area (Å²) in [6.07, 6.45) is 4.11. The number of carbonyl (C=O) groups is 2. The number of likely N-dealkylation sites (tertiary alicyclic amines) is 1. The number of piperazine rings is 1. The topological polar surface area (TPSA) is 52.7 Å². The predicted octanol–water partition coefficient (Wildman–Crippen LogP) is 4.32. The maximum atomic E-state index is 13.3. The average molecular weight is 428 g/mol. The highest BCUT2D eigenvalue weighted by atomic mass is 16.2. The molecule has 0 aromatic heterocycles. The third-order valence-corrected chi connectivity index (χ3v) is 6.99. The Labute approximate surface area is 188 Å². The summed E-state index contributed by atoms with van der Waals surface area (Å²) < 4.78 is 0. The van der Waals surface area contributed by atoms with E-state index < -0.39 is 5.54 Å². The summed E-state index contributed by atoms with van der Waals surface area (Å²) in [7, 11) is 0. The highest BCUT2D eigenvalue weighted by Crippen LogP contribution is 2.34. The van der Waals surface area contributed by atoms with Gasteiger partial charge in [-0.05, 0) is 48.6 Å². The van der Waals surface area contributed by atoms with Crippen LogP contribution in [0.25, 0.3) is 0 Å². The van der Waals surface area contributed by atoms with Crippen LogP contribution >= 0.6 is 0 Å². The van der Waals surface area contributed by atoms with Crippen molar-refractivity contribution in [3.05, 3.63) is 35.4 Å². The monoisotopic (exact) mass is 427 g/mol. The van der Waals surface area contributed by atoms with Gasteiger partial charge in [0.15, 0.2) is 0 Å².